The highest BCUT2D eigenvalue weighted by Gasteiger charge is 2.17. The molecule has 0 bridgehead atoms. The number of benzene rings is 2. The van der Waals surface area contributed by atoms with Gasteiger partial charge in [0.05, 0.1) is 28.2 Å². The van der Waals surface area contributed by atoms with E-state index in [1.54, 1.807) is 12.1 Å². The monoisotopic (exact) mass is 395 g/mol. The van der Waals surface area contributed by atoms with Crippen molar-refractivity contribution in [2.24, 2.45) is 5.92 Å². The van der Waals surface area contributed by atoms with Crippen LogP contribution in [-0.4, -0.2) is 15.5 Å². The SMILES string of the molecule is O=C(NCc1nc2ccccc2n1CCC1CCCCC1)c1ccccc1Cl. The van der Waals surface area contributed by atoms with Crippen molar-refractivity contribution < 1.29 is 4.79 Å². The zero-order chi connectivity index (χ0) is 19.3. The second-order valence-electron chi connectivity index (χ2n) is 7.62. The number of aryl methyl sites for hydroxylation is 1. The van der Waals surface area contributed by atoms with Crippen LogP contribution in [0.1, 0.15) is 54.7 Å². The van der Waals surface area contributed by atoms with Crippen molar-refractivity contribution in [1.29, 1.82) is 0 Å². The van der Waals surface area contributed by atoms with Gasteiger partial charge in [0.2, 0.25) is 0 Å². The first kappa shape index (κ1) is 19.0. The predicted octanol–water partition coefficient (Wildman–Crippen LogP) is 5.59. The summed E-state index contributed by atoms with van der Waals surface area (Å²) < 4.78 is 2.27. The molecule has 4 rings (SSSR count). The number of hydrogen-bond acceptors (Lipinski definition) is 2. The third-order valence-electron chi connectivity index (χ3n) is 5.74. The van der Waals surface area contributed by atoms with Gasteiger partial charge < -0.3 is 9.88 Å². The van der Waals surface area contributed by atoms with E-state index in [4.69, 9.17) is 16.6 Å². The Kier molecular flexibility index (Phi) is 5.96. The number of hydrogen-bond donors (Lipinski definition) is 1. The predicted molar refractivity (Wildman–Crippen MR) is 114 cm³/mol. The van der Waals surface area contributed by atoms with E-state index < -0.39 is 0 Å². The molecule has 1 aliphatic carbocycles. The van der Waals surface area contributed by atoms with E-state index in [9.17, 15) is 4.79 Å². The second kappa shape index (κ2) is 8.78. The van der Waals surface area contributed by atoms with Crippen molar-refractivity contribution >= 4 is 28.5 Å². The van der Waals surface area contributed by atoms with E-state index in [-0.39, 0.29) is 5.91 Å². The fraction of sp³-hybridized carbons (Fsp3) is 0.391. The summed E-state index contributed by atoms with van der Waals surface area (Å²) >= 11 is 6.15. The molecule has 1 amide bonds. The first-order chi connectivity index (χ1) is 13.7. The standard InChI is InChI=1S/C23H26ClN3O/c24-19-11-5-4-10-18(19)23(28)25-16-22-26-20-12-6-7-13-21(20)27(22)15-14-17-8-2-1-3-9-17/h4-7,10-13,17H,1-3,8-9,14-16H2,(H,25,28). The molecule has 1 heterocycles. The van der Waals surface area contributed by atoms with E-state index in [1.807, 2.05) is 30.3 Å². The molecule has 0 saturated heterocycles. The third-order valence-corrected chi connectivity index (χ3v) is 6.07. The lowest BCUT2D eigenvalue weighted by molar-refractivity contribution is 0.0949. The number of para-hydroxylation sites is 2. The quantitative estimate of drug-likeness (QED) is 0.591. The summed E-state index contributed by atoms with van der Waals surface area (Å²) in [7, 11) is 0. The Morgan fingerprint density at radius 1 is 1.07 bits per heavy atom. The van der Waals surface area contributed by atoms with E-state index in [0.29, 0.717) is 17.1 Å². The number of carbonyl (C=O) groups is 1. The van der Waals surface area contributed by atoms with Crippen LogP contribution in [0.5, 0.6) is 0 Å². The van der Waals surface area contributed by atoms with Gasteiger partial charge in [0, 0.05) is 6.54 Å². The van der Waals surface area contributed by atoms with Gasteiger partial charge in [-0.3, -0.25) is 4.79 Å². The number of imidazole rings is 1. The number of rotatable bonds is 6. The van der Waals surface area contributed by atoms with E-state index in [1.165, 1.54) is 38.5 Å². The maximum atomic E-state index is 12.5. The third kappa shape index (κ3) is 4.22. The lowest BCUT2D eigenvalue weighted by Crippen LogP contribution is -2.25. The van der Waals surface area contributed by atoms with Gasteiger partial charge in [-0.15, -0.1) is 0 Å². The van der Waals surface area contributed by atoms with Crippen LogP contribution in [0.3, 0.4) is 0 Å². The molecular formula is C23H26ClN3O. The molecule has 3 aromatic rings. The number of carbonyl (C=O) groups excluding carboxylic acids is 1. The van der Waals surface area contributed by atoms with Crippen molar-refractivity contribution in [2.75, 3.05) is 0 Å². The molecule has 0 atom stereocenters. The zero-order valence-corrected chi connectivity index (χ0v) is 16.8. The average molecular weight is 396 g/mol. The minimum Gasteiger partial charge on any atom is -0.345 e. The maximum Gasteiger partial charge on any atom is 0.253 e. The lowest BCUT2D eigenvalue weighted by Gasteiger charge is -2.22. The summed E-state index contributed by atoms with van der Waals surface area (Å²) in [5, 5.41) is 3.45. The van der Waals surface area contributed by atoms with Crippen molar-refractivity contribution in [3.63, 3.8) is 0 Å². The van der Waals surface area contributed by atoms with Crippen LogP contribution in [0, 0.1) is 5.92 Å². The van der Waals surface area contributed by atoms with Gasteiger partial charge in [-0.1, -0.05) is 68.0 Å². The molecule has 0 unspecified atom stereocenters. The first-order valence-corrected chi connectivity index (χ1v) is 10.6. The maximum absolute atomic E-state index is 12.5. The number of fused-ring (bicyclic) bond motifs is 1. The van der Waals surface area contributed by atoms with Crippen molar-refractivity contribution in [1.82, 2.24) is 14.9 Å². The Bertz CT molecular complexity index is 959. The van der Waals surface area contributed by atoms with Crippen LogP contribution in [0.15, 0.2) is 48.5 Å². The summed E-state index contributed by atoms with van der Waals surface area (Å²) in [6.07, 6.45) is 7.94. The highest BCUT2D eigenvalue weighted by Crippen LogP contribution is 2.28. The van der Waals surface area contributed by atoms with Crippen LogP contribution < -0.4 is 5.32 Å². The molecule has 1 saturated carbocycles. The van der Waals surface area contributed by atoms with Crippen LogP contribution in [0.4, 0.5) is 0 Å². The number of amides is 1. The molecule has 1 aromatic heterocycles. The van der Waals surface area contributed by atoms with Crippen LogP contribution in [0.25, 0.3) is 11.0 Å². The molecule has 146 valence electrons. The van der Waals surface area contributed by atoms with Crippen molar-refractivity contribution in [3.05, 3.63) is 64.9 Å². The molecular weight excluding hydrogens is 370 g/mol. The Balaban J connectivity index is 1.51. The zero-order valence-electron chi connectivity index (χ0n) is 16.0. The molecule has 1 N–H and O–H groups in total. The lowest BCUT2D eigenvalue weighted by atomic mass is 9.87. The molecule has 2 aromatic carbocycles. The summed E-state index contributed by atoms with van der Waals surface area (Å²) in [4.78, 5) is 17.3. The Morgan fingerprint density at radius 3 is 2.64 bits per heavy atom. The Hall–Kier alpha value is -2.33. The van der Waals surface area contributed by atoms with E-state index >= 15 is 0 Å². The highest BCUT2D eigenvalue weighted by molar-refractivity contribution is 6.33. The van der Waals surface area contributed by atoms with Gasteiger partial charge in [-0.2, -0.15) is 0 Å². The smallest absolute Gasteiger partial charge is 0.253 e. The minimum atomic E-state index is -0.170. The van der Waals surface area contributed by atoms with Crippen LogP contribution in [-0.2, 0) is 13.1 Å². The molecule has 1 fully saturated rings. The first-order valence-electron chi connectivity index (χ1n) is 10.2. The molecule has 4 nitrogen and oxygen atoms in total. The van der Waals surface area contributed by atoms with Gasteiger partial charge in [0.15, 0.2) is 0 Å². The van der Waals surface area contributed by atoms with Gasteiger partial charge >= 0.3 is 0 Å². The fourth-order valence-corrected chi connectivity index (χ4v) is 4.42. The van der Waals surface area contributed by atoms with Gasteiger partial charge in [0.1, 0.15) is 5.82 Å². The number of nitrogens with one attached hydrogen (secondary N) is 1. The number of halogens is 1. The summed E-state index contributed by atoms with van der Waals surface area (Å²) in [6, 6.07) is 15.3. The molecule has 0 aliphatic heterocycles. The highest BCUT2D eigenvalue weighted by atomic mass is 35.5. The van der Waals surface area contributed by atoms with E-state index in [2.05, 4.69) is 16.0 Å². The summed E-state index contributed by atoms with van der Waals surface area (Å²) in [5.41, 5.74) is 2.61. The van der Waals surface area contributed by atoms with Crippen LogP contribution in [0.2, 0.25) is 5.02 Å². The molecule has 5 heteroatoms. The second-order valence-corrected chi connectivity index (χ2v) is 8.03. The average Bonchev–Trinajstić information content (AvgIpc) is 3.09. The summed E-state index contributed by atoms with van der Waals surface area (Å²) in [5.74, 6) is 1.54. The van der Waals surface area contributed by atoms with E-state index in [0.717, 1.165) is 29.3 Å². The molecule has 1 aliphatic rings. The van der Waals surface area contributed by atoms with Gasteiger partial charge in [-0.25, -0.2) is 4.98 Å². The largest absolute Gasteiger partial charge is 0.345 e. The van der Waals surface area contributed by atoms with Crippen LogP contribution >= 0.6 is 11.6 Å². The van der Waals surface area contributed by atoms with Gasteiger partial charge in [-0.05, 0) is 36.6 Å². The molecule has 0 spiro atoms. The Labute approximate surface area is 170 Å². The summed E-state index contributed by atoms with van der Waals surface area (Å²) in [6.45, 7) is 1.34. The fourth-order valence-electron chi connectivity index (χ4n) is 4.20. The minimum absolute atomic E-state index is 0.170. The number of aromatic nitrogens is 2. The van der Waals surface area contributed by atoms with Crippen molar-refractivity contribution in [2.45, 2.75) is 51.6 Å². The Morgan fingerprint density at radius 2 is 1.82 bits per heavy atom. The normalized spacial score (nSPS) is 15.0. The molecule has 28 heavy (non-hydrogen) atoms. The topological polar surface area (TPSA) is 46.9 Å². The number of nitrogens with zero attached hydrogens (tertiary/aromatic N) is 2. The molecule has 0 radical (unpaired) electrons. The van der Waals surface area contributed by atoms with Gasteiger partial charge in [0.25, 0.3) is 5.91 Å². The van der Waals surface area contributed by atoms with Crippen molar-refractivity contribution in [3.8, 4) is 0 Å².